The molecule has 0 fully saturated rings. The molecule has 0 aliphatic rings. The van der Waals surface area contributed by atoms with Crippen molar-refractivity contribution in [3.05, 3.63) is 121 Å². The van der Waals surface area contributed by atoms with Crippen LogP contribution in [0.4, 0.5) is 0 Å². The minimum atomic E-state index is 0. The van der Waals surface area contributed by atoms with Crippen molar-refractivity contribution in [2.24, 2.45) is 0 Å². The van der Waals surface area contributed by atoms with E-state index in [1.165, 1.54) is 0 Å². The van der Waals surface area contributed by atoms with E-state index in [4.69, 9.17) is 25.3 Å². The molecule has 0 aliphatic carbocycles. The van der Waals surface area contributed by atoms with Gasteiger partial charge in [-0.15, -0.1) is 0 Å². The Morgan fingerprint density at radius 3 is 0.923 bits per heavy atom. The number of benzene rings is 2. The minimum absolute atomic E-state index is 0. The third-order valence-corrected chi connectivity index (χ3v) is 3.14. The van der Waals surface area contributed by atoms with E-state index in [9.17, 15) is 0 Å². The van der Waals surface area contributed by atoms with Gasteiger partial charge in [-0.3, -0.25) is 0 Å². The molecule has 0 saturated heterocycles. The maximum absolute atomic E-state index is 4.81. The van der Waals surface area contributed by atoms with Crippen molar-refractivity contribution in [3.63, 3.8) is 0 Å². The third-order valence-electron chi connectivity index (χ3n) is 2.60. The van der Waals surface area contributed by atoms with Gasteiger partial charge in [-0.1, -0.05) is 60.7 Å². The van der Waals surface area contributed by atoms with Crippen LogP contribution in [0.25, 0.3) is 0 Å². The largest absolute Gasteiger partial charge is 0.780 e. The van der Waals surface area contributed by atoms with Crippen LogP contribution in [0.15, 0.2) is 131 Å². The summed E-state index contributed by atoms with van der Waals surface area (Å²) in [4.78, 5) is 1.81. The van der Waals surface area contributed by atoms with Crippen LogP contribution in [0.2, 0.25) is 0 Å². The molecular formula is C22H20Rh2S2-8. The molecule has 0 aromatic heterocycles. The fraction of sp³-hybridized carbons (Fsp3) is 0. The third kappa shape index (κ3) is 17.6. The van der Waals surface area contributed by atoms with Crippen molar-refractivity contribution in [2.75, 3.05) is 0 Å². The molecule has 0 aliphatic heterocycles. The molecular weight excluding hydrogens is 534 g/mol. The van der Waals surface area contributed by atoms with Crippen molar-refractivity contribution in [1.82, 2.24) is 0 Å². The van der Waals surface area contributed by atoms with Gasteiger partial charge in [0.05, 0.1) is 0 Å². The fourth-order valence-electron chi connectivity index (χ4n) is 1.48. The van der Waals surface area contributed by atoms with E-state index in [1.54, 1.807) is 0 Å². The predicted octanol–water partition coefficient (Wildman–Crippen LogP) is 5.99. The second-order valence-electron chi connectivity index (χ2n) is 4.55. The first-order valence-electron chi connectivity index (χ1n) is 7.56. The Bertz CT molecular complexity index is 581. The van der Waals surface area contributed by atoms with Crippen LogP contribution in [0, 0.1) is 0 Å². The van der Waals surface area contributed by atoms with Gasteiger partial charge in [0.1, 0.15) is 0 Å². The van der Waals surface area contributed by atoms with Gasteiger partial charge < -0.3 is 55.6 Å². The van der Waals surface area contributed by atoms with Crippen LogP contribution in [0.5, 0.6) is 0 Å². The first-order chi connectivity index (χ1) is 11.8. The van der Waals surface area contributed by atoms with Crippen molar-refractivity contribution >= 4 is 25.3 Å². The molecule has 0 atom stereocenters. The van der Waals surface area contributed by atoms with E-state index in [1.807, 2.05) is 121 Å². The molecule has 4 aromatic rings. The Labute approximate surface area is 194 Å². The van der Waals surface area contributed by atoms with E-state index in [0.717, 1.165) is 9.79 Å². The molecule has 0 amide bonds. The summed E-state index contributed by atoms with van der Waals surface area (Å²) in [5, 5.41) is 0. The molecule has 2 radical (unpaired) electrons. The molecule has 146 valence electrons. The van der Waals surface area contributed by atoms with Gasteiger partial charge in [-0.05, 0) is 0 Å². The van der Waals surface area contributed by atoms with Crippen LogP contribution in [0.3, 0.4) is 0 Å². The first-order valence-corrected chi connectivity index (χ1v) is 8.38. The summed E-state index contributed by atoms with van der Waals surface area (Å²) in [5.41, 5.74) is 0. The van der Waals surface area contributed by atoms with Crippen LogP contribution in [-0.2, 0) is 64.2 Å². The maximum Gasteiger partial charge on any atom is 0 e. The normalized spacial score (nSPS) is 7.69. The van der Waals surface area contributed by atoms with Gasteiger partial charge in [0.2, 0.25) is 0 Å². The van der Waals surface area contributed by atoms with Crippen molar-refractivity contribution in [2.45, 2.75) is 9.79 Å². The zero-order valence-corrected chi connectivity index (χ0v) is 18.9. The van der Waals surface area contributed by atoms with E-state index in [-0.39, 0.29) is 39.0 Å². The monoisotopic (exact) mass is 554 g/mol. The van der Waals surface area contributed by atoms with Crippen LogP contribution >= 0.6 is 0 Å². The molecule has 4 aromatic carbocycles. The summed E-state index contributed by atoms with van der Waals surface area (Å²) in [6, 6.07) is 39.2. The zero-order chi connectivity index (χ0) is 17.3. The summed E-state index contributed by atoms with van der Waals surface area (Å²) in [6.45, 7) is 0. The van der Waals surface area contributed by atoms with Crippen molar-refractivity contribution in [3.8, 4) is 0 Å². The summed E-state index contributed by atoms with van der Waals surface area (Å²) in [5.74, 6) is 0. The molecule has 4 rings (SSSR count). The van der Waals surface area contributed by atoms with E-state index in [0.29, 0.717) is 0 Å². The Kier molecular flexibility index (Phi) is 21.0. The Morgan fingerprint density at radius 2 is 0.769 bits per heavy atom. The van der Waals surface area contributed by atoms with Gasteiger partial charge in [0.15, 0.2) is 0 Å². The van der Waals surface area contributed by atoms with Gasteiger partial charge in [0, 0.05) is 39.0 Å². The number of hydrogen-bond acceptors (Lipinski definition) is 2. The SMILES string of the molecule is [Rh].[Rh].[S-]c1ccccc1.[S-]c1ccccc1.[cH-]1[cH-][cH-][cH-][cH-]1.c1cc[cH-]c1. The van der Waals surface area contributed by atoms with Crippen LogP contribution in [0.1, 0.15) is 0 Å². The molecule has 0 saturated carbocycles. The minimum Gasteiger partial charge on any atom is -0.780 e. The standard InChI is InChI=1S/2C6H6S.2C5H5.2Rh/c2*7-6-4-2-1-3-5-6;2*1-2-4-5-3-1;;/h2*1-5,7H;2*1-5H;;/q;;-5;-1;;/p-2. The Hall–Kier alpha value is -1.17. The average Bonchev–Trinajstić information content (AvgIpc) is 3.36. The van der Waals surface area contributed by atoms with Crippen LogP contribution < -0.4 is 0 Å². The maximum atomic E-state index is 4.81. The van der Waals surface area contributed by atoms with Crippen molar-refractivity contribution in [1.29, 1.82) is 0 Å². The van der Waals surface area contributed by atoms with E-state index < -0.39 is 0 Å². The average molecular weight is 554 g/mol. The van der Waals surface area contributed by atoms with Gasteiger partial charge in [-0.25, -0.2) is 12.1 Å². The molecule has 0 bridgehead atoms. The summed E-state index contributed by atoms with van der Waals surface area (Å²) in [6.07, 6.45) is 0. The molecule has 0 nitrogen and oxygen atoms in total. The quantitative estimate of drug-likeness (QED) is 0.149. The molecule has 0 N–H and O–H groups in total. The van der Waals surface area contributed by atoms with Gasteiger partial charge in [-0.2, -0.15) is 28.0 Å². The Morgan fingerprint density at radius 1 is 0.462 bits per heavy atom. The topological polar surface area (TPSA) is 0 Å². The summed E-state index contributed by atoms with van der Waals surface area (Å²) in [7, 11) is 0. The fourth-order valence-corrected chi connectivity index (χ4v) is 1.80. The zero-order valence-electron chi connectivity index (χ0n) is 14.0. The van der Waals surface area contributed by atoms with E-state index in [2.05, 4.69) is 0 Å². The molecule has 4 heteroatoms. The molecule has 0 unspecified atom stereocenters. The van der Waals surface area contributed by atoms with Gasteiger partial charge in [0.25, 0.3) is 0 Å². The molecule has 0 spiro atoms. The van der Waals surface area contributed by atoms with Crippen LogP contribution in [-0.4, -0.2) is 0 Å². The molecule has 0 heterocycles. The molecule has 26 heavy (non-hydrogen) atoms. The number of rotatable bonds is 0. The van der Waals surface area contributed by atoms with E-state index >= 15 is 0 Å². The number of hydrogen-bond donors (Lipinski definition) is 0. The second-order valence-corrected chi connectivity index (χ2v) is 5.49. The summed E-state index contributed by atoms with van der Waals surface area (Å²) < 4.78 is 0. The summed E-state index contributed by atoms with van der Waals surface area (Å²) >= 11 is 9.62. The second kappa shape index (κ2) is 20.1. The first kappa shape index (κ1) is 27.0. The van der Waals surface area contributed by atoms with Crippen molar-refractivity contribution < 1.29 is 39.0 Å². The van der Waals surface area contributed by atoms with Gasteiger partial charge >= 0.3 is 0 Å². The smallest absolute Gasteiger partial charge is 0 e. The Balaban J connectivity index is 0. The predicted molar refractivity (Wildman–Crippen MR) is 108 cm³/mol.